The van der Waals surface area contributed by atoms with Crippen LogP contribution in [0.25, 0.3) is 0 Å². The number of carbonyl (C=O) groups is 1. The van der Waals surface area contributed by atoms with Gasteiger partial charge in [-0.1, -0.05) is 42.5 Å². The largest absolute Gasteiger partial charge is 0.489 e. The lowest BCUT2D eigenvalue weighted by Crippen LogP contribution is -2.44. The van der Waals surface area contributed by atoms with Crippen molar-refractivity contribution in [1.29, 1.82) is 5.26 Å². The van der Waals surface area contributed by atoms with E-state index in [1.807, 2.05) is 60.7 Å². The molecule has 0 bridgehead atoms. The van der Waals surface area contributed by atoms with Gasteiger partial charge in [0, 0.05) is 0 Å². The number of fused-ring (bicyclic) bond motifs is 1. The molecule has 0 aliphatic carbocycles. The van der Waals surface area contributed by atoms with Crippen LogP contribution in [0.4, 0.5) is 5.69 Å². The van der Waals surface area contributed by atoms with Crippen molar-refractivity contribution in [2.75, 3.05) is 11.5 Å². The first-order valence-electron chi connectivity index (χ1n) is 9.58. The highest BCUT2D eigenvalue weighted by molar-refractivity contribution is 5.96. The molecule has 1 atom stereocenters. The lowest BCUT2D eigenvalue weighted by molar-refractivity contribution is -0.120. The van der Waals surface area contributed by atoms with E-state index >= 15 is 0 Å². The van der Waals surface area contributed by atoms with Gasteiger partial charge in [0.1, 0.15) is 30.5 Å². The van der Waals surface area contributed by atoms with E-state index < -0.39 is 5.56 Å². The Balaban J connectivity index is 1.77. The third-order valence-electron chi connectivity index (χ3n) is 5.32. The van der Waals surface area contributed by atoms with Crippen LogP contribution in [0.5, 0.6) is 5.75 Å². The van der Waals surface area contributed by atoms with Crippen molar-refractivity contribution in [2.24, 2.45) is 0 Å². The molecule has 0 spiro atoms. The summed E-state index contributed by atoms with van der Waals surface area (Å²) in [7, 11) is 0. The van der Waals surface area contributed by atoms with Crippen LogP contribution < -0.4 is 15.2 Å². The first-order chi connectivity index (χ1) is 14.5. The molecule has 0 N–H and O–H groups in total. The first kappa shape index (κ1) is 19.4. The minimum atomic E-state index is -0.563. The van der Waals surface area contributed by atoms with Crippen LogP contribution in [-0.4, -0.2) is 22.3 Å². The number of benzene rings is 2. The molecule has 0 saturated heterocycles. The van der Waals surface area contributed by atoms with Gasteiger partial charge in [-0.05, 0) is 37.1 Å². The maximum atomic E-state index is 13.4. The van der Waals surface area contributed by atoms with Crippen molar-refractivity contribution in [3.63, 3.8) is 0 Å². The molecule has 1 aliphatic rings. The van der Waals surface area contributed by atoms with E-state index in [1.165, 1.54) is 0 Å². The van der Waals surface area contributed by atoms with E-state index in [4.69, 9.17) is 4.74 Å². The Hall–Kier alpha value is -3.92. The van der Waals surface area contributed by atoms with Gasteiger partial charge in [-0.3, -0.25) is 14.5 Å². The summed E-state index contributed by atoms with van der Waals surface area (Å²) in [5, 5.41) is 13.6. The molecule has 4 rings (SSSR count). The number of aromatic nitrogens is 2. The average Bonchev–Trinajstić information content (AvgIpc) is 2.77. The minimum absolute atomic E-state index is 0.0114. The molecule has 150 valence electrons. The summed E-state index contributed by atoms with van der Waals surface area (Å²) in [4.78, 5) is 27.8. The smallest absolute Gasteiger partial charge is 0.285 e. The predicted molar refractivity (Wildman–Crippen MR) is 111 cm³/mol. The van der Waals surface area contributed by atoms with E-state index in [9.17, 15) is 14.9 Å². The zero-order valence-corrected chi connectivity index (χ0v) is 16.7. The highest BCUT2D eigenvalue weighted by atomic mass is 16.5. The van der Waals surface area contributed by atoms with Gasteiger partial charge in [0.25, 0.3) is 5.56 Å². The van der Waals surface area contributed by atoms with Gasteiger partial charge in [0.05, 0.1) is 17.4 Å². The zero-order valence-electron chi connectivity index (χ0n) is 16.7. The summed E-state index contributed by atoms with van der Waals surface area (Å²) >= 11 is 0. The van der Waals surface area contributed by atoms with Crippen molar-refractivity contribution in [2.45, 2.75) is 26.4 Å². The number of hydrogen-bond acceptors (Lipinski definition) is 5. The van der Waals surface area contributed by atoms with Gasteiger partial charge < -0.3 is 4.74 Å². The van der Waals surface area contributed by atoms with Crippen LogP contribution in [0, 0.1) is 25.2 Å². The second-order valence-corrected chi connectivity index (χ2v) is 7.13. The van der Waals surface area contributed by atoms with E-state index in [0.29, 0.717) is 29.3 Å². The Morgan fingerprint density at radius 1 is 1.17 bits per heavy atom. The van der Waals surface area contributed by atoms with Gasteiger partial charge in [-0.25, -0.2) is 4.68 Å². The maximum Gasteiger partial charge on any atom is 0.285 e. The molecular weight excluding hydrogens is 380 g/mol. The summed E-state index contributed by atoms with van der Waals surface area (Å²) < 4.78 is 6.97. The van der Waals surface area contributed by atoms with Gasteiger partial charge in [0.2, 0.25) is 5.91 Å². The van der Waals surface area contributed by atoms with E-state index in [2.05, 4.69) is 5.10 Å². The fourth-order valence-corrected chi connectivity index (χ4v) is 3.63. The molecule has 1 aliphatic heterocycles. The molecule has 1 unspecified atom stereocenters. The second kappa shape index (κ2) is 7.84. The number of hydrogen-bond donors (Lipinski definition) is 0. The SMILES string of the molecule is Cc1nn(CC(=O)N2c3ccccc3OCC2c2ccccc2)c(=O)c(C#N)c1C. The van der Waals surface area contributed by atoms with Gasteiger partial charge in [0.15, 0.2) is 0 Å². The zero-order chi connectivity index (χ0) is 21.3. The van der Waals surface area contributed by atoms with Crippen LogP contribution in [0.1, 0.15) is 28.4 Å². The van der Waals surface area contributed by atoms with Gasteiger partial charge in [-0.15, -0.1) is 0 Å². The summed E-state index contributed by atoms with van der Waals surface area (Å²) in [5.41, 5.74) is 2.09. The van der Waals surface area contributed by atoms with Crippen LogP contribution in [0.2, 0.25) is 0 Å². The number of carbonyl (C=O) groups excluding carboxylic acids is 1. The molecular formula is C23H20N4O3. The van der Waals surface area contributed by atoms with Gasteiger partial charge in [-0.2, -0.15) is 10.4 Å². The van der Waals surface area contributed by atoms with Crippen molar-refractivity contribution >= 4 is 11.6 Å². The fraction of sp³-hybridized carbons (Fsp3) is 0.217. The molecule has 0 saturated carbocycles. The van der Waals surface area contributed by atoms with Crippen molar-refractivity contribution in [3.05, 3.63) is 87.3 Å². The molecule has 30 heavy (non-hydrogen) atoms. The molecule has 2 heterocycles. The lowest BCUT2D eigenvalue weighted by Gasteiger charge is -2.37. The first-order valence-corrected chi connectivity index (χ1v) is 9.58. The monoisotopic (exact) mass is 400 g/mol. The number of para-hydroxylation sites is 2. The maximum absolute atomic E-state index is 13.4. The number of nitriles is 1. The molecule has 7 nitrogen and oxygen atoms in total. The number of ether oxygens (including phenoxy) is 1. The molecule has 2 aromatic carbocycles. The molecule has 7 heteroatoms. The summed E-state index contributed by atoms with van der Waals surface area (Å²) in [6, 6.07) is 18.5. The standard InChI is InChI=1S/C23H20N4O3/c1-15-16(2)25-26(23(29)18(15)12-24)13-22(28)27-19-10-6-7-11-21(19)30-14-20(27)17-8-4-3-5-9-17/h3-11,20H,13-14H2,1-2H3. The molecule has 3 aromatic rings. The molecule has 0 radical (unpaired) electrons. The molecule has 0 fully saturated rings. The number of anilines is 1. The van der Waals surface area contributed by atoms with Crippen molar-refractivity contribution < 1.29 is 9.53 Å². The Kier molecular flexibility index (Phi) is 5.07. The number of rotatable bonds is 3. The number of nitrogens with zero attached hydrogens (tertiary/aromatic N) is 4. The Labute approximate surface area is 173 Å². The van der Waals surface area contributed by atoms with Crippen molar-refractivity contribution in [1.82, 2.24) is 9.78 Å². The fourth-order valence-electron chi connectivity index (χ4n) is 3.63. The third-order valence-corrected chi connectivity index (χ3v) is 5.32. The van der Waals surface area contributed by atoms with Crippen LogP contribution in [0.3, 0.4) is 0 Å². The average molecular weight is 400 g/mol. The topological polar surface area (TPSA) is 88.2 Å². The predicted octanol–water partition coefficient (Wildman–Crippen LogP) is 2.90. The summed E-state index contributed by atoms with van der Waals surface area (Å²) in [6.45, 7) is 3.42. The number of aryl methyl sites for hydroxylation is 1. The van der Waals surface area contributed by atoms with Crippen LogP contribution >= 0.6 is 0 Å². The Morgan fingerprint density at radius 2 is 1.87 bits per heavy atom. The van der Waals surface area contributed by atoms with Gasteiger partial charge >= 0.3 is 0 Å². The second-order valence-electron chi connectivity index (χ2n) is 7.13. The lowest BCUT2D eigenvalue weighted by atomic mass is 10.0. The third kappa shape index (κ3) is 3.33. The summed E-state index contributed by atoms with van der Waals surface area (Å²) in [6.07, 6.45) is 0. The van der Waals surface area contributed by atoms with E-state index in [-0.39, 0.29) is 24.1 Å². The van der Waals surface area contributed by atoms with Crippen LogP contribution in [0.15, 0.2) is 59.4 Å². The normalized spacial score (nSPS) is 15.1. The quantitative estimate of drug-likeness (QED) is 0.675. The Morgan fingerprint density at radius 3 is 2.60 bits per heavy atom. The van der Waals surface area contributed by atoms with Crippen LogP contribution in [-0.2, 0) is 11.3 Å². The van der Waals surface area contributed by atoms with Crippen molar-refractivity contribution in [3.8, 4) is 11.8 Å². The van der Waals surface area contributed by atoms with E-state index in [1.54, 1.807) is 18.7 Å². The molecule has 1 amide bonds. The number of amides is 1. The van der Waals surface area contributed by atoms with E-state index in [0.717, 1.165) is 10.2 Å². The highest BCUT2D eigenvalue weighted by Crippen LogP contribution is 2.39. The Bertz CT molecular complexity index is 1210. The molecule has 1 aromatic heterocycles. The summed E-state index contributed by atoms with van der Waals surface area (Å²) in [5.74, 6) is 0.303. The highest BCUT2D eigenvalue weighted by Gasteiger charge is 2.33. The minimum Gasteiger partial charge on any atom is -0.489 e.